The number of carbonyl (C=O) groups excluding carboxylic acids is 2. The normalized spacial score (nSPS) is 15.9. The van der Waals surface area contributed by atoms with E-state index in [1.54, 1.807) is 23.1 Å². The Kier molecular flexibility index (Phi) is 3.22. The van der Waals surface area contributed by atoms with Gasteiger partial charge in [0.15, 0.2) is 0 Å². The largest absolute Gasteiger partial charge is 0.465 e. The van der Waals surface area contributed by atoms with Crippen LogP contribution in [-0.4, -0.2) is 32.8 Å². The molecule has 102 valence electrons. The number of amides is 1. The molecule has 0 unspecified atom stereocenters. The van der Waals surface area contributed by atoms with Crippen molar-refractivity contribution >= 4 is 17.7 Å². The molecule has 0 saturated heterocycles. The predicted molar refractivity (Wildman–Crippen MR) is 70.6 cm³/mol. The first-order valence-electron chi connectivity index (χ1n) is 5.99. The fourth-order valence-corrected chi connectivity index (χ4v) is 2.40. The van der Waals surface area contributed by atoms with Gasteiger partial charge in [0.1, 0.15) is 0 Å². The molecule has 0 saturated carbocycles. The Hall–Kier alpha value is -2.04. The summed E-state index contributed by atoms with van der Waals surface area (Å²) in [5.41, 5.74) is 1.99. The van der Waals surface area contributed by atoms with Gasteiger partial charge in [-0.15, -0.1) is 0 Å². The molecule has 0 spiro atoms. The van der Waals surface area contributed by atoms with Crippen molar-refractivity contribution in [2.75, 3.05) is 25.7 Å². The van der Waals surface area contributed by atoms with E-state index < -0.39 is 6.09 Å². The van der Waals surface area contributed by atoms with Gasteiger partial charge in [0.2, 0.25) is 0 Å². The van der Waals surface area contributed by atoms with Crippen LogP contribution in [0.2, 0.25) is 0 Å². The number of hydrogen-bond donors (Lipinski definition) is 0. The zero-order valence-corrected chi connectivity index (χ0v) is 11.5. The third-order valence-electron chi connectivity index (χ3n) is 3.39. The molecule has 0 N–H and O–H groups in total. The van der Waals surface area contributed by atoms with Crippen molar-refractivity contribution in [1.82, 2.24) is 0 Å². The molecule has 0 aromatic heterocycles. The molecule has 1 heterocycles. The Bertz CT molecular complexity index is 536. The lowest BCUT2D eigenvalue weighted by atomic mass is 9.86. The van der Waals surface area contributed by atoms with E-state index in [1.807, 2.05) is 13.8 Å². The Balaban J connectivity index is 2.49. The minimum absolute atomic E-state index is 0.229. The molecule has 19 heavy (non-hydrogen) atoms. The van der Waals surface area contributed by atoms with E-state index in [-0.39, 0.29) is 11.4 Å². The van der Waals surface area contributed by atoms with Crippen LogP contribution in [0.5, 0.6) is 0 Å². The number of rotatable bonds is 1. The molecule has 0 radical (unpaired) electrons. The fraction of sp³-hybridized carbons (Fsp3) is 0.429. The summed E-state index contributed by atoms with van der Waals surface area (Å²) in [4.78, 5) is 24.9. The van der Waals surface area contributed by atoms with Crippen LogP contribution >= 0.6 is 0 Å². The molecule has 5 heteroatoms. The molecular formula is C14H17NO4. The fourth-order valence-electron chi connectivity index (χ4n) is 2.40. The second-order valence-electron chi connectivity index (χ2n) is 5.16. The number of anilines is 1. The van der Waals surface area contributed by atoms with E-state index >= 15 is 0 Å². The number of benzene rings is 1. The van der Waals surface area contributed by atoms with Gasteiger partial charge in [-0.3, -0.25) is 4.90 Å². The third kappa shape index (κ3) is 2.16. The van der Waals surface area contributed by atoms with Gasteiger partial charge in [-0.25, -0.2) is 9.59 Å². The number of ether oxygens (including phenoxy) is 2. The number of hydrogen-bond acceptors (Lipinski definition) is 4. The van der Waals surface area contributed by atoms with Gasteiger partial charge in [0.05, 0.1) is 25.5 Å². The molecular weight excluding hydrogens is 246 g/mol. The zero-order valence-electron chi connectivity index (χ0n) is 11.5. The van der Waals surface area contributed by atoms with Crippen LogP contribution < -0.4 is 4.90 Å². The van der Waals surface area contributed by atoms with E-state index in [0.717, 1.165) is 11.3 Å². The molecule has 2 rings (SSSR count). The molecule has 1 aromatic carbocycles. The van der Waals surface area contributed by atoms with E-state index in [9.17, 15) is 9.59 Å². The second-order valence-corrected chi connectivity index (χ2v) is 5.16. The molecule has 0 fully saturated rings. The minimum Gasteiger partial charge on any atom is -0.465 e. The lowest BCUT2D eigenvalue weighted by Gasteiger charge is -2.19. The first-order chi connectivity index (χ1) is 8.90. The number of nitrogens with zero attached hydrogens (tertiary/aromatic N) is 1. The monoisotopic (exact) mass is 263 g/mol. The number of fused-ring (bicyclic) bond motifs is 1. The molecule has 5 nitrogen and oxygen atoms in total. The van der Waals surface area contributed by atoms with Crippen molar-refractivity contribution in [3.8, 4) is 0 Å². The van der Waals surface area contributed by atoms with Crippen molar-refractivity contribution < 1.29 is 19.1 Å². The van der Waals surface area contributed by atoms with Crippen LogP contribution in [0.15, 0.2) is 18.2 Å². The first kappa shape index (κ1) is 13.4. The summed E-state index contributed by atoms with van der Waals surface area (Å²) in [5, 5.41) is 0. The van der Waals surface area contributed by atoms with Gasteiger partial charge < -0.3 is 9.47 Å². The molecule has 1 aliphatic rings. The highest BCUT2D eigenvalue weighted by Gasteiger charge is 2.39. The molecule has 1 amide bonds. The van der Waals surface area contributed by atoms with E-state index in [0.29, 0.717) is 12.1 Å². The van der Waals surface area contributed by atoms with Crippen LogP contribution in [-0.2, 0) is 14.9 Å². The topological polar surface area (TPSA) is 55.8 Å². The minimum atomic E-state index is -0.391. The average molecular weight is 263 g/mol. The highest BCUT2D eigenvalue weighted by molar-refractivity contribution is 5.94. The van der Waals surface area contributed by atoms with Crippen LogP contribution in [0.3, 0.4) is 0 Å². The Morgan fingerprint density at radius 1 is 1.21 bits per heavy atom. The number of carbonyl (C=O) groups is 2. The van der Waals surface area contributed by atoms with Gasteiger partial charge in [0, 0.05) is 12.0 Å². The van der Waals surface area contributed by atoms with Crippen molar-refractivity contribution in [2.24, 2.45) is 0 Å². The zero-order chi connectivity index (χ0) is 14.2. The molecule has 0 atom stereocenters. The Labute approximate surface area is 112 Å². The van der Waals surface area contributed by atoms with E-state index in [2.05, 4.69) is 0 Å². The second kappa shape index (κ2) is 4.57. The lowest BCUT2D eigenvalue weighted by molar-refractivity contribution is 0.0600. The van der Waals surface area contributed by atoms with Gasteiger partial charge in [-0.05, 0) is 23.8 Å². The van der Waals surface area contributed by atoms with Crippen LogP contribution in [0.4, 0.5) is 10.5 Å². The van der Waals surface area contributed by atoms with Crippen LogP contribution in [0.25, 0.3) is 0 Å². The maximum Gasteiger partial charge on any atom is 0.414 e. The van der Waals surface area contributed by atoms with Crippen molar-refractivity contribution in [3.63, 3.8) is 0 Å². The van der Waals surface area contributed by atoms with E-state index in [4.69, 9.17) is 9.47 Å². The summed E-state index contributed by atoms with van der Waals surface area (Å²) in [6, 6.07) is 5.19. The van der Waals surface area contributed by atoms with Gasteiger partial charge >= 0.3 is 12.1 Å². The van der Waals surface area contributed by atoms with Gasteiger partial charge in [0.25, 0.3) is 0 Å². The summed E-state index contributed by atoms with van der Waals surface area (Å²) in [5.74, 6) is -0.380. The van der Waals surface area contributed by atoms with Gasteiger partial charge in [-0.1, -0.05) is 13.8 Å². The summed E-state index contributed by atoms with van der Waals surface area (Å²) in [6.07, 6.45) is -0.391. The van der Waals surface area contributed by atoms with Crippen LogP contribution in [0, 0.1) is 0 Å². The average Bonchev–Trinajstić information content (AvgIpc) is 2.68. The summed E-state index contributed by atoms with van der Waals surface area (Å²) in [7, 11) is 2.71. The smallest absolute Gasteiger partial charge is 0.414 e. The third-order valence-corrected chi connectivity index (χ3v) is 3.39. The number of methoxy groups -OCH3 is 2. The highest BCUT2D eigenvalue weighted by Crippen LogP contribution is 2.41. The standard InChI is InChI=1S/C14H17NO4/c1-14(2)8-15(13(17)19-4)11-6-5-9(7-10(11)14)12(16)18-3/h5-7H,8H2,1-4H3. The van der Waals surface area contributed by atoms with Crippen molar-refractivity contribution in [3.05, 3.63) is 29.3 Å². The van der Waals surface area contributed by atoms with Gasteiger partial charge in [-0.2, -0.15) is 0 Å². The number of esters is 1. The highest BCUT2D eigenvalue weighted by atomic mass is 16.5. The molecule has 0 bridgehead atoms. The summed E-state index contributed by atoms with van der Waals surface area (Å²) < 4.78 is 9.49. The Morgan fingerprint density at radius 3 is 2.47 bits per heavy atom. The van der Waals surface area contributed by atoms with E-state index in [1.165, 1.54) is 14.2 Å². The summed E-state index contributed by atoms with van der Waals surface area (Å²) >= 11 is 0. The SMILES string of the molecule is COC(=O)c1ccc2c(c1)C(C)(C)CN2C(=O)OC. The maximum absolute atomic E-state index is 11.8. The molecule has 0 aliphatic carbocycles. The summed E-state index contributed by atoms with van der Waals surface area (Å²) in [6.45, 7) is 4.57. The van der Waals surface area contributed by atoms with Crippen LogP contribution in [0.1, 0.15) is 29.8 Å². The predicted octanol–water partition coefficient (Wildman–Crippen LogP) is 2.34. The molecule has 1 aromatic rings. The van der Waals surface area contributed by atoms with Crippen molar-refractivity contribution in [2.45, 2.75) is 19.3 Å². The van der Waals surface area contributed by atoms with Crippen molar-refractivity contribution in [1.29, 1.82) is 0 Å². The lowest BCUT2D eigenvalue weighted by Crippen LogP contribution is -2.33. The quantitative estimate of drug-likeness (QED) is 0.730. The maximum atomic E-state index is 11.8. The first-order valence-corrected chi connectivity index (χ1v) is 5.99. The molecule has 1 aliphatic heterocycles. The Morgan fingerprint density at radius 2 is 1.89 bits per heavy atom.